The second-order valence-electron chi connectivity index (χ2n) is 18.6. The van der Waals surface area contributed by atoms with Gasteiger partial charge in [-0.15, -0.1) is 0 Å². The van der Waals surface area contributed by atoms with Crippen LogP contribution in [0.25, 0.3) is 89.2 Å². The molecule has 0 atom stereocenters. The fraction of sp³-hybridized carbons (Fsp3) is 0.167. The number of fused-ring (bicyclic) bond motifs is 4. The van der Waals surface area contributed by atoms with Crippen LogP contribution >= 0.6 is 0 Å². The van der Waals surface area contributed by atoms with Gasteiger partial charge in [0.25, 0.3) is 0 Å². The third kappa shape index (κ3) is 5.62. The van der Waals surface area contributed by atoms with Gasteiger partial charge >= 0.3 is 0 Å². The second kappa shape index (κ2) is 14.1. The highest BCUT2D eigenvalue weighted by Crippen LogP contribution is 2.70. The van der Waals surface area contributed by atoms with E-state index in [4.69, 9.17) is 9.97 Å². The molecule has 5 aliphatic carbocycles. The first-order valence-corrected chi connectivity index (χ1v) is 22.6. The van der Waals surface area contributed by atoms with Gasteiger partial charge in [-0.05, 0) is 146 Å². The van der Waals surface area contributed by atoms with Crippen LogP contribution in [0.2, 0.25) is 0 Å². The summed E-state index contributed by atoms with van der Waals surface area (Å²) in [6.07, 6.45) is 7.05. The van der Waals surface area contributed by atoms with Crippen LogP contribution in [-0.2, 0) is 5.41 Å². The van der Waals surface area contributed by atoms with Crippen molar-refractivity contribution in [2.24, 2.45) is 23.7 Å². The summed E-state index contributed by atoms with van der Waals surface area (Å²) in [6.45, 7) is 0. The first-order chi connectivity index (χ1) is 30.7. The van der Waals surface area contributed by atoms with E-state index in [0.29, 0.717) is 0 Å². The van der Waals surface area contributed by atoms with Crippen LogP contribution in [0, 0.1) is 23.7 Å². The van der Waals surface area contributed by atoms with Gasteiger partial charge in [-0.25, -0.2) is 9.97 Å². The molecule has 0 radical (unpaired) electrons. The van der Waals surface area contributed by atoms with E-state index >= 15 is 0 Å². The fourth-order valence-electron chi connectivity index (χ4n) is 12.8. The molecule has 2 nitrogen and oxygen atoms in total. The first-order valence-electron chi connectivity index (χ1n) is 22.6. The minimum atomic E-state index is 0.137. The molecule has 2 heteroatoms. The maximum atomic E-state index is 5.13. The van der Waals surface area contributed by atoms with E-state index in [9.17, 15) is 0 Å². The molecular formula is C60H46N2. The molecule has 1 aromatic heterocycles. The van der Waals surface area contributed by atoms with E-state index < -0.39 is 0 Å². The van der Waals surface area contributed by atoms with E-state index in [1.54, 1.807) is 11.1 Å². The summed E-state index contributed by atoms with van der Waals surface area (Å²) < 4.78 is 0. The number of hydrogen-bond donors (Lipinski definition) is 0. The number of aromatic nitrogens is 2. The van der Waals surface area contributed by atoms with Gasteiger partial charge in [0.15, 0.2) is 5.82 Å². The molecule has 62 heavy (non-hydrogen) atoms. The lowest BCUT2D eigenvalue weighted by atomic mass is 9.43. The molecule has 4 bridgehead atoms. The topological polar surface area (TPSA) is 25.8 Å². The van der Waals surface area contributed by atoms with Gasteiger partial charge in [0.2, 0.25) is 0 Å². The van der Waals surface area contributed by atoms with Crippen molar-refractivity contribution in [3.63, 3.8) is 0 Å². The van der Waals surface area contributed by atoms with Crippen LogP contribution < -0.4 is 0 Å². The van der Waals surface area contributed by atoms with Crippen LogP contribution in [0.3, 0.4) is 0 Å². The zero-order valence-electron chi connectivity index (χ0n) is 34.7. The molecule has 14 rings (SSSR count). The summed E-state index contributed by atoms with van der Waals surface area (Å²) in [4.78, 5) is 10.2. The highest BCUT2D eigenvalue weighted by molar-refractivity contribution is 5.99. The highest BCUT2D eigenvalue weighted by atomic mass is 14.9. The number of rotatable bonds is 6. The molecule has 8 aromatic carbocycles. The van der Waals surface area contributed by atoms with Gasteiger partial charge in [0, 0.05) is 22.1 Å². The van der Waals surface area contributed by atoms with Gasteiger partial charge in [0.05, 0.1) is 11.4 Å². The lowest BCUT2D eigenvalue weighted by molar-refractivity contribution is -0.0398. The lowest BCUT2D eigenvalue weighted by Crippen LogP contribution is -2.55. The molecular weight excluding hydrogens is 749 g/mol. The molecule has 1 heterocycles. The smallest absolute Gasteiger partial charge is 0.160 e. The van der Waals surface area contributed by atoms with Crippen molar-refractivity contribution in [1.29, 1.82) is 0 Å². The van der Waals surface area contributed by atoms with Crippen LogP contribution in [0.4, 0.5) is 0 Å². The zero-order chi connectivity index (χ0) is 40.8. The Morgan fingerprint density at radius 1 is 0.339 bits per heavy atom. The number of hydrogen-bond acceptors (Lipinski definition) is 2. The Balaban J connectivity index is 0.856. The fourth-order valence-corrected chi connectivity index (χ4v) is 12.8. The van der Waals surface area contributed by atoms with Crippen LogP contribution in [0.15, 0.2) is 194 Å². The van der Waals surface area contributed by atoms with E-state index in [-0.39, 0.29) is 5.41 Å². The van der Waals surface area contributed by atoms with E-state index in [1.807, 2.05) is 18.2 Å². The van der Waals surface area contributed by atoms with Crippen molar-refractivity contribution in [2.45, 2.75) is 37.5 Å². The highest BCUT2D eigenvalue weighted by Gasteiger charge is 2.61. The maximum absolute atomic E-state index is 5.13. The summed E-state index contributed by atoms with van der Waals surface area (Å²) in [5.74, 6) is 4.05. The molecule has 1 spiro atoms. The van der Waals surface area contributed by atoms with Gasteiger partial charge in [0.1, 0.15) is 0 Å². The van der Waals surface area contributed by atoms with Gasteiger partial charge < -0.3 is 0 Å². The number of benzene rings is 8. The average Bonchev–Trinajstić information content (AvgIpc) is 3.62. The Hall–Kier alpha value is -6.90. The summed E-state index contributed by atoms with van der Waals surface area (Å²) in [5.41, 5.74) is 18.7. The molecule has 0 N–H and O–H groups in total. The molecule has 4 fully saturated rings. The normalized spacial score (nSPS) is 21.6. The Morgan fingerprint density at radius 3 is 1.53 bits per heavy atom. The van der Waals surface area contributed by atoms with Crippen LogP contribution in [0.1, 0.15) is 43.2 Å². The molecule has 4 saturated carbocycles. The van der Waals surface area contributed by atoms with Gasteiger partial charge in [-0.3, -0.25) is 0 Å². The van der Waals surface area contributed by atoms with Crippen molar-refractivity contribution in [1.82, 2.24) is 9.97 Å². The van der Waals surface area contributed by atoms with Crippen molar-refractivity contribution in [2.75, 3.05) is 0 Å². The van der Waals surface area contributed by atoms with Gasteiger partial charge in [-0.2, -0.15) is 0 Å². The Bertz CT molecular complexity index is 3140. The van der Waals surface area contributed by atoms with Gasteiger partial charge in [-0.1, -0.05) is 170 Å². The average molecular weight is 795 g/mol. The summed E-state index contributed by atoms with van der Waals surface area (Å²) >= 11 is 0. The van der Waals surface area contributed by atoms with E-state index in [2.05, 4.69) is 176 Å². The maximum Gasteiger partial charge on any atom is 0.160 e. The summed E-state index contributed by atoms with van der Waals surface area (Å²) in [5, 5.41) is 2.73. The summed E-state index contributed by atoms with van der Waals surface area (Å²) in [7, 11) is 0. The van der Waals surface area contributed by atoms with E-state index in [0.717, 1.165) is 57.6 Å². The lowest BCUT2D eigenvalue weighted by Gasteiger charge is -2.61. The van der Waals surface area contributed by atoms with Crippen LogP contribution in [0.5, 0.6) is 0 Å². The standard InChI is InChI=1S/C60H46N2/c1-3-11-40(12-4-1)46-17-9-18-49(34-46)57-37-56(61-59(62-57)45-13-5-2-6-14-45)44-27-23-42(24-28-44)41-21-25-43(26-22-41)52-19-10-20-54-58(52)53-35-47-15-7-8-16-48(47)36-55(53)60(54)50-30-38-29-39(32-50)33-51(60)31-38/h1-28,34-39,50-51H,29-33H2. The largest absolute Gasteiger partial charge is 0.228 e. The summed E-state index contributed by atoms with van der Waals surface area (Å²) in [6, 6.07) is 71.3. The molecule has 0 aliphatic heterocycles. The minimum absolute atomic E-state index is 0.137. The molecule has 0 unspecified atom stereocenters. The molecule has 296 valence electrons. The Labute approximate surface area is 364 Å². The zero-order valence-corrected chi connectivity index (χ0v) is 34.7. The molecule has 9 aromatic rings. The van der Waals surface area contributed by atoms with E-state index in [1.165, 1.54) is 87.4 Å². The monoisotopic (exact) mass is 794 g/mol. The Morgan fingerprint density at radius 2 is 0.855 bits per heavy atom. The predicted molar refractivity (Wildman–Crippen MR) is 255 cm³/mol. The quantitative estimate of drug-likeness (QED) is 0.168. The van der Waals surface area contributed by atoms with Crippen molar-refractivity contribution >= 4 is 10.8 Å². The molecule has 0 amide bonds. The second-order valence-corrected chi connectivity index (χ2v) is 18.6. The number of nitrogens with zero attached hydrogens (tertiary/aromatic N) is 2. The molecule has 5 aliphatic rings. The first kappa shape index (κ1) is 35.8. The van der Waals surface area contributed by atoms with Crippen molar-refractivity contribution in [3.8, 4) is 78.4 Å². The minimum Gasteiger partial charge on any atom is -0.228 e. The third-order valence-electron chi connectivity index (χ3n) is 15.3. The molecule has 0 saturated heterocycles. The van der Waals surface area contributed by atoms with Crippen molar-refractivity contribution < 1.29 is 0 Å². The third-order valence-corrected chi connectivity index (χ3v) is 15.3. The van der Waals surface area contributed by atoms with Crippen molar-refractivity contribution in [3.05, 3.63) is 205 Å². The predicted octanol–water partition coefficient (Wildman–Crippen LogP) is 15.4. The van der Waals surface area contributed by atoms with Crippen LogP contribution in [-0.4, -0.2) is 9.97 Å². The Kier molecular flexibility index (Phi) is 8.13. The SMILES string of the molecule is c1ccc(-c2cccc(-c3cc(-c4ccc(-c5ccc(-c6cccc7c6-c6cc8ccccc8cc6C76C7CC8CC(C7)CC6C8)cc5)cc4)nc(-c4ccccc4)n3)c2)cc1.